The maximum absolute atomic E-state index is 11.8. The van der Waals surface area contributed by atoms with Crippen LogP contribution in [0.1, 0.15) is 19.5 Å². The second kappa shape index (κ2) is 6.34. The van der Waals surface area contributed by atoms with Crippen molar-refractivity contribution in [3.05, 3.63) is 16.6 Å². The number of amides is 2. The van der Waals surface area contributed by atoms with Crippen molar-refractivity contribution in [1.29, 1.82) is 0 Å². The van der Waals surface area contributed by atoms with Crippen LogP contribution in [0.2, 0.25) is 0 Å². The van der Waals surface area contributed by atoms with Crippen LogP contribution in [-0.2, 0) is 11.3 Å². The number of carboxylic acids is 1. The number of nitrogens with one attached hydrogen (secondary N) is 1. The monoisotopic (exact) mass is 271 g/mol. The van der Waals surface area contributed by atoms with Gasteiger partial charge in [-0.1, -0.05) is 0 Å². The van der Waals surface area contributed by atoms with Gasteiger partial charge in [0.15, 0.2) is 0 Å². The summed E-state index contributed by atoms with van der Waals surface area (Å²) >= 11 is 1.47. The fourth-order valence-electron chi connectivity index (χ4n) is 1.27. The van der Waals surface area contributed by atoms with Crippen LogP contribution in [-0.4, -0.2) is 40.1 Å². The van der Waals surface area contributed by atoms with E-state index in [4.69, 9.17) is 5.11 Å². The van der Waals surface area contributed by atoms with Crippen molar-refractivity contribution in [2.45, 2.75) is 26.4 Å². The minimum Gasteiger partial charge on any atom is -0.481 e. The lowest BCUT2D eigenvalue weighted by atomic mass is 10.0. The molecule has 0 aliphatic rings. The zero-order valence-corrected chi connectivity index (χ0v) is 11.4. The van der Waals surface area contributed by atoms with Gasteiger partial charge in [0.05, 0.1) is 23.7 Å². The van der Waals surface area contributed by atoms with E-state index in [1.165, 1.54) is 16.2 Å². The van der Waals surface area contributed by atoms with E-state index in [-0.39, 0.29) is 6.03 Å². The molecule has 2 unspecified atom stereocenters. The first-order valence-electron chi connectivity index (χ1n) is 5.53. The summed E-state index contributed by atoms with van der Waals surface area (Å²) in [5, 5.41) is 13.4. The molecule has 0 radical (unpaired) electrons. The lowest BCUT2D eigenvalue weighted by Crippen LogP contribution is -2.45. The predicted molar refractivity (Wildman–Crippen MR) is 68.4 cm³/mol. The molecule has 100 valence electrons. The number of aliphatic carboxylic acids is 1. The minimum atomic E-state index is -0.926. The Balaban J connectivity index is 2.47. The first-order chi connectivity index (χ1) is 8.41. The maximum Gasteiger partial charge on any atom is 0.317 e. The summed E-state index contributed by atoms with van der Waals surface area (Å²) in [7, 11) is 1.65. The van der Waals surface area contributed by atoms with Gasteiger partial charge in [0, 0.05) is 18.5 Å². The molecule has 1 aromatic rings. The highest BCUT2D eigenvalue weighted by atomic mass is 32.1. The maximum atomic E-state index is 11.8. The third-order valence-corrected chi connectivity index (χ3v) is 3.36. The van der Waals surface area contributed by atoms with Gasteiger partial charge in [-0.3, -0.25) is 4.79 Å². The van der Waals surface area contributed by atoms with E-state index in [2.05, 4.69) is 10.3 Å². The number of aromatic nitrogens is 1. The number of rotatable bonds is 5. The van der Waals surface area contributed by atoms with Gasteiger partial charge in [0.2, 0.25) is 0 Å². The molecule has 1 aromatic heterocycles. The number of hydrogen-bond donors (Lipinski definition) is 2. The van der Waals surface area contributed by atoms with Gasteiger partial charge in [0.1, 0.15) is 0 Å². The highest BCUT2D eigenvalue weighted by molar-refractivity contribution is 7.07. The predicted octanol–water partition coefficient (Wildman–Crippen LogP) is 1.39. The van der Waals surface area contributed by atoms with Gasteiger partial charge in [-0.05, 0) is 13.8 Å². The first kappa shape index (κ1) is 14.4. The number of nitrogens with zero attached hydrogens (tertiary/aromatic N) is 2. The Kier molecular flexibility index (Phi) is 5.08. The number of carbonyl (C=O) groups is 2. The second-order valence-corrected chi connectivity index (χ2v) is 4.92. The van der Waals surface area contributed by atoms with Crippen LogP contribution < -0.4 is 5.32 Å². The molecule has 0 aromatic carbocycles. The largest absolute Gasteiger partial charge is 0.481 e. The Labute approximate surface area is 110 Å². The normalized spacial score (nSPS) is 13.7. The van der Waals surface area contributed by atoms with Gasteiger partial charge >= 0.3 is 12.0 Å². The van der Waals surface area contributed by atoms with E-state index in [0.717, 1.165) is 5.69 Å². The van der Waals surface area contributed by atoms with E-state index in [9.17, 15) is 9.59 Å². The molecule has 0 spiro atoms. The summed E-state index contributed by atoms with van der Waals surface area (Å²) in [6.07, 6.45) is 0. The summed E-state index contributed by atoms with van der Waals surface area (Å²) in [5.74, 6) is -1.55. The summed E-state index contributed by atoms with van der Waals surface area (Å²) in [4.78, 5) is 28.1. The molecule has 2 atom stereocenters. The van der Waals surface area contributed by atoms with Crippen molar-refractivity contribution in [3.8, 4) is 0 Å². The zero-order chi connectivity index (χ0) is 13.7. The molecular weight excluding hydrogens is 254 g/mol. The molecule has 2 amide bonds. The third-order valence-electron chi connectivity index (χ3n) is 2.72. The molecular formula is C11H17N3O3S. The summed E-state index contributed by atoms with van der Waals surface area (Å²) < 4.78 is 0. The molecule has 0 aliphatic heterocycles. The van der Waals surface area contributed by atoms with E-state index in [1.54, 1.807) is 26.4 Å². The molecule has 0 bridgehead atoms. The third kappa shape index (κ3) is 3.99. The highest BCUT2D eigenvalue weighted by Gasteiger charge is 2.22. The standard InChI is InChI=1S/C11H17N3O3S/c1-7(10(15)16)8(2)13-11(17)14(3)4-9-5-18-6-12-9/h5-8H,4H2,1-3H3,(H,13,17)(H,15,16). The fraction of sp³-hybridized carbons (Fsp3) is 0.545. The SMILES string of the molecule is CC(NC(=O)N(C)Cc1cscn1)C(C)C(=O)O. The minimum absolute atomic E-state index is 0.302. The average Bonchev–Trinajstić information content (AvgIpc) is 2.80. The number of carboxylic acid groups (broad SMARTS) is 1. The molecule has 18 heavy (non-hydrogen) atoms. The van der Waals surface area contributed by atoms with E-state index < -0.39 is 17.9 Å². The lowest BCUT2D eigenvalue weighted by Gasteiger charge is -2.22. The molecule has 1 heterocycles. The van der Waals surface area contributed by atoms with Crippen molar-refractivity contribution in [1.82, 2.24) is 15.2 Å². The number of thiazole rings is 1. The van der Waals surface area contributed by atoms with Crippen LogP contribution in [0.25, 0.3) is 0 Å². The lowest BCUT2D eigenvalue weighted by molar-refractivity contribution is -0.141. The number of urea groups is 1. The van der Waals surface area contributed by atoms with Crippen LogP contribution in [0.5, 0.6) is 0 Å². The summed E-state index contributed by atoms with van der Waals surface area (Å²) in [6.45, 7) is 3.64. The molecule has 2 N–H and O–H groups in total. The first-order valence-corrected chi connectivity index (χ1v) is 6.47. The second-order valence-electron chi connectivity index (χ2n) is 4.20. The van der Waals surface area contributed by atoms with Crippen molar-refractivity contribution in [3.63, 3.8) is 0 Å². The van der Waals surface area contributed by atoms with Gasteiger partial charge in [-0.25, -0.2) is 9.78 Å². The molecule has 7 heteroatoms. The van der Waals surface area contributed by atoms with Crippen molar-refractivity contribution in [2.75, 3.05) is 7.05 Å². The molecule has 1 rings (SSSR count). The van der Waals surface area contributed by atoms with Crippen LogP contribution in [0, 0.1) is 5.92 Å². The summed E-state index contributed by atoms with van der Waals surface area (Å²) in [6, 6.07) is -0.725. The molecule has 0 aliphatic carbocycles. The van der Waals surface area contributed by atoms with Crippen molar-refractivity contribution in [2.24, 2.45) is 5.92 Å². The highest BCUT2D eigenvalue weighted by Crippen LogP contribution is 2.06. The van der Waals surface area contributed by atoms with Gasteiger partial charge in [-0.15, -0.1) is 11.3 Å². The molecule has 0 saturated carbocycles. The Morgan fingerprint density at radius 3 is 2.72 bits per heavy atom. The van der Waals surface area contributed by atoms with Gasteiger partial charge < -0.3 is 15.3 Å². The van der Waals surface area contributed by atoms with Crippen molar-refractivity contribution < 1.29 is 14.7 Å². The number of carbonyl (C=O) groups excluding carboxylic acids is 1. The zero-order valence-electron chi connectivity index (χ0n) is 10.6. The topological polar surface area (TPSA) is 82.5 Å². The van der Waals surface area contributed by atoms with Crippen LogP contribution in [0.4, 0.5) is 4.79 Å². The van der Waals surface area contributed by atoms with Gasteiger partial charge in [-0.2, -0.15) is 0 Å². The van der Waals surface area contributed by atoms with Gasteiger partial charge in [0.25, 0.3) is 0 Å². The van der Waals surface area contributed by atoms with Crippen molar-refractivity contribution >= 4 is 23.3 Å². The Morgan fingerprint density at radius 2 is 2.22 bits per heavy atom. The Morgan fingerprint density at radius 1 is 1.56 bits per heavy atom. The number of hydrogen-bond acceptors (Lipinski definition) is 4. The van der Waals surface area contributed by atoms with E-state index >= 15 is 0 Å². The van der Waals surface area contributed by atoms with E-state index in [1.807, 2.05) is 5.38 Å². The van der Waals surface area contributed by atoms with Crippen LogP contribution in [0.15, 0.2) is 10.9 Å². The molecule has 0 saturated heterocycles. The van der Waals surface area contributed by atoms with Crippen LogP contribution in [0.3, 0.4) is 0 Å². The molecule has 0 fully saturated rings. The average molecular weight is 271 g/mol. The fourth-order valence-corrected chi connectivity index (χ4v) is 1.82. The Hall–Kier alpha value is -1.63. The quantitative estimate of drug-likeness (QED) is 0.848. The van der Waals surface area contributed by atoms with E-state index in [0.29, 0.717) is 6.54 Å². The Bertz CT molecular complexity index is 408. The smallest absolute Gasteiger partial charge is 0.317 e. The molecule has 6 nitrogen and oxygen atoms in total. The summed E-state index contributed by atoms with van der Waals surface area (Å²) in [5.41, 5.74) is 2.52. The van der Waals surface area contributed by atoms with Crippen LogP contribution >= 0.6 is 11.3 Å².